The van der Waals surface area contributed by atoms with Crippen LogP contribution in [-0.4, -0.2) is 17.8 Å². The Morgan fingerprint density at radius 1 is 1.15 bits per heavy atom. The van der Waals surface area contributed by atoms with Crippen LogP contribution in [0, 0.1) is 10.1 Å². The van der Waals surface area contributed by atoms with E-state index >= 15 is 0 Å². The van der Waals surface area contributed by atoms with Crippen molar-refractivity contribution in [2.45, 2.75) is 0 Å². The van der Waals surface area contributed by atoms with Gasteiger partial charge in [-0.05, 0) is 54.6 Å². The number of hydrogen-bond donors (Lipinski definition) is 0. The van der Waals surface area contributed by atoms with E-state index in [0.29, 0.717) is 33.4 Å². The SMILES string of the molecule is COc1ccc(C(=O)/C=C/c2ccc(-c3cc([N+](=O)[O-])ccc3Cl)o2)cc1. The van der Waals surface area contributed by atoms with Crippen LogP contribution in [-0.2, 0) is 0 Å². The van der Waals surface area contributed by atoms with Crippen molar-refractivity contribution in [1.29, 1.82) is 0 Å². The lowest BCUT2D eigenvalue weighted by Crippen LogP contribution is -1.93. The lowest BCUT2D eigenvalue weighted by atomic mass is 10.1. The molecule has 2 aromatic carbocycles. The summed E-state index contributed by atoms with van der Waals surface area (Å²) in [5, 5.41) is 11.3. The molecule has 0 atom stereocenters. The van der Waals surface area contributed by atoms with Gasteiger partial charge >= 0.3 is 0 Å². The molecule has 7 heteroatoms. The number of nitro groups is 1. The third kappa shape index (κ3) is 4.24. The molecule has 1 aromatic heterocycles. The highest BCUT2D eigenvalue weighted by Crippen LogP contribution is 2.32. The van der Waals surface area contributed by atoms with Gasteiger partial charge in [0.15, 0.2) is 5.78 Å². The van der Waals surface area contributed by atoms with Gasteiger partial charge in [-0.2, -0.15) is 0 Å². The summed E-state index contributed by atoms with van der Waals surface area (Å²) >= 11 is 6.11. The van der Waals surface area contributed by atoms with Crippen molar-refractivity contribution in [2.75, 3.05) is 7.11 Å². The van der Waals surface area contributed by atoms with Gasteiger partial charge in [-0.25, -0.2) is 0 Å². The van der Waals surface area contributed by atoms with E-state index in [1.807, 2.05) is 0 Å². The molecule has 1 heterocycles. The first-order chi connectivity index (χ1) is 13.0. The maximum absolute atomic E-state index is 12.2. The summed E-state index contributed by atoms with van der Waals surface area (Å²) < 4.78 is 10.7. The first-order valence-corrected chi connectivity index (χ1v) is 8.26. The molecule has 0 unspecified atom stereocenters. The zero-order chi connectivity index (χ0) is 19.4. The highest BCUT2D eigenvalue weighted by Gasteiger charge is 2.14. The van der Waals surface area contributed by atoms with Crippen LogP contribution >= 0.6 is 11.6 Å². The van der Waals surface area contributed by atoms with Crippen molar-refractivity contribution in [3.63, 3.8) is 0 Å². The Morgan fingerprint density at radius 3 is 2.56 bits per heavy atom. The zero-order valence-electron chi connectivity index (χ0n) is 14.2. The maximum atomic E-state index is 12.2. The van der Waals surface area contributed by atoms with E-state index in [9.17, 15) is 14.9 Å². The average Bonchev–Trinajstić information content (AvgIpc) is 3.15. The fraction of sp³-hybridized carbons (Fsp3) is 0.0500. The van der Waals surface area contributed by atoms with Crippen LogP contribution in [0.15, 0.2) is 65.1 Å². The van der Waals surface area contributed by atoms with Crippen molar-refractivity contribution >= 4 is 29.1 Å². The molecule has 0 aliphatic heterocycles. The molecule has 3 aromatic rings. The Morgan fingerprint density at radius 2 is 1.89 bits per heavy atom. The second-order valence-electron chi connectivity index (χ2n) is 5.55. The first-order valence-electron chi connectivity index (χ1n) is 7.88. The van der Waals surface area contributed by atoms with Crippen molar-refractivity contribution in [3.8, 4) is 17.1 Å². The number of ketones is 1. The number of non-ortho nitro benzene ring substituents is 1. The topological polar surface area (TPSA) is 82.6 Å². The van der Waals surface area contributed by atoms with Crippen LogP contribution in [0.5, 0.6) is 5.75 Å². The van der Waals surface area contributed by atoms with E-state index in [2.05, 4.69) is 0 Å². The summed E-state index contributed by atoms with van der Waals surface area (Å²) in [6.45, 7) is 0. The van der Waals surface area contributed by atoms with E-state index in [4.69, 9.17) is 20.8 Å². The minimum absolute atomic E-state index is 0.0856. The van der Waals surface area contributed by atoms with Crippen molar-refractivity contribution < 1.29 is 18.9 Å². The number of allylic oxidation sites excluding steroid dienone is 1. The predicted molar refractivity (Wildman–Crippen MR) is 102 cm³/mol. The summed E-state index contributed by atoms with van der Waals surface area (Å²) in [5.74, 6) is 1.28. The number of ether oxygens (including phenoxy) is 1. The first kappa shape index (κ1) is 18.4. The average molecular weight is 384 g/mol. The van der Waals surface area contributed by atoms with Crippen molar-refractivity contribution in [2.24, 2.45) is 0 Å². The molecule has 0 aliphatic carbocycles. The molecule has 0 fully saturated rings. The molecule has 0 radical (unpaired) electrons. The number of nitrogens with zero attached hydrogens (tertiary/aromatic N) is 1. The predicted octanol–water partition coefficient (Wildman–Crippen LogP) is 5.41. The Hall–Kier alpha value is -3.38. The molecular weight excluding hydrogens is 370 g/mol. The maximum Gasteiger partial charge on any atom is 0.270 e. The van der Waals surface area contributed by atoms with Crippen LogP contribution in [0.4, 0.5) is 5.69 Å². The summed E-state index contributed by atoms with van der Waals surface area (Å²) in [4.78, 5) is 22.6. The van der Waals surface area contributed by atoms with Crippen LogP contribution in [0.3, 0.4) is 0 Å². The molecular formula is C20H14ClNO5. The van der Waals surface area contributed by atoms with Gasteiger partial charge in [0.1, 0.15) is 17.3 Å². The minimum atomic E-state index is -0.503. The van der Waals surface area contributed by atoms with Crippen LogP contribution in [0.25, 0.3) is 17.4 Å². The Bertz CT molecular complexity index is 1020. The molecule has 0 saturated heterocycles. The smallest absolute Gasteiger partial charge is 0.270 e. The number of carbonyl (C=O) groups is 1. The Balaban J connectivity index is 1.79. The van der Waals surface area contributed by atoms with Crippen LogP contribution in [0.2, 0.25) is 5.02 Å². The number of nitro benzene ring substituents is 1. The highest BCUT2D eigenvalue weighted by atomic mass is 35.5. The van der Waals surface area contributed by atoms with E-state index in [-0.39, 0.29) is 11.5 Å². The molecule has 3 rings (SSSR count). The molecule has 0 amide bonds. The fourth-order valence-corrected chi connectivity index (χ4v) is 2.62. The second-order valence-corrected chi connectivity index (χ2v) is 5.96. The molecule has 27 heavy (non-hydrogen) atoms. The molecule has 0 saturated carbocycles. The largest absolute Gasteiger partial charge is 0.497 e. The van der Waals surface area contributed by atoms with Gasteiger partial charge in [0.05, 0.1) is 17.1 Å². The molecule has 0 bridgehead atoms. The van der Waals surface area contributed by atoms with E-state index in [0.717, 1.165) is 0 Å². The van der Waals surface area contributed by atoms with Crippen LogP contribution < -0.4 is 4.74 Å². The van der Waals surface area contributed by atoms with Gasteiger partial charge in [0.2, 0.25) is 0 Å². The molecule has 136 valence electrons. The van der Waals surface area contributed by atoms with Gasteiger partial charge < -0.3 is 9.15 Å². The third-order valence-corrected chi connectivity index (χ3v) is 4.16. The van der Waals surface area contributed by atoms with Gasteiger partial charge in [0.25, 0.3) is 5.69 Å². The third-order valence-electron chi connectivity index (χ3n) is 3.83. The zero-order valence-corrected chi connectivity index (χ0v) is 15.0. The van der Waals surface area contributed by atoms with E-state index in [1.165, 1.54) is 30.4 Å². The van der Waals surface area contributed by atoms with E-state index in [1.54, 1.807) is 43.5 Å². The number of methoxy groups -OCH3 is 1. The highest BCUT2D eigenvalue weighted by molar-refractivity contribution is 6.33. The number of benzene rings is 2. The van der Waals surface area contributed by atoms with Gasteiger partial charge in [-0.3, -0.25) is 14.9 Å². The lowest BCUT2D eigenvalue weighted by Gasteiger charge is -2.01. The number of halogens is 1. The monoisotopic (exact) mass is 383 g/mol. The quantitative estimate of drug-likeness (QED) is 0.246. The number of carbonyl (C=O) groups excluding carboxylic acids is 1. The normalized spacial score (nSPS) is 10.9. The summed E-state index contributed by atoms with van der Waals surface area (Å²) in [5.41, 5.74) is 0.838. The molecule has 6 nitrogen and oxygen atoms in total. The van der Waals surface area contributed by atoms with E-state index < -0.39 is 4.92 Å². The molecule has 0 aliphatic rings. The van der Waals surface area contributed by atoms with Crippen molar-refractivity contribution in [1.82, 2.24) is 0 Å². The van der Waals surface area contributed by atoms with Gasteiger partial charge in [-0.1, -0.05) is 11.6 Å². The number of rotatable bonds is 6. The second kappa shape index (κ2) is 7.88. The van der Waals surface area contributed by atoms with Crippen LogP contribution in [0.1, 0.15) is 16.1 Å². The van der Waals surface area contributed by atoms with Gasteiger partial charge in [-0.15, -0.1) is 0 Å². The summed E-state index contributed by atoms with van der Waals surface area (Å²) in [6.07, 6.45) is 2.92. The number of furan rings is 1. The molecule has 0 spiro atoms. The Kier molecular flexibility index (Phi) is 5.38. The van der Waals surface area contributed by atoms with Gasteiger partial charge in [0, 0.05) is 23.3 Å². The summed E-state index contributed by atoms with van der Waals surface area (Å²) in [7, 11) is 1.55. The van der Waals surface area contributed by atoms with Crippen molar-refractivity contribution in [3.05, 3.63) is 87.1 Å². The fourth-order valence-electron chi connectivity index (χ4n) is 2.41. The Labute approximate surface area is 159 Å². The lowest BCUT2D eigenvalue weighted by molar-refractivity contribution is -0.384. The summed E-state index contributed by atoms with van der Waals surface area (Å²) in [6, 6.07) is 14.2. The number of hydrogen-bond acceptors (Lipinski definition) is 5. The minimum Gasteiger partial charge on any atom is -0.497 e. The standard InChI is InChI=1S/C20H14ClNO5/c1-26-15-5-2-13(3-6-15)19(23)10-7-16-8-11-20(27-16)17-12-14(22(24)25)4-9-18(17)21/h2-12H,1H3/b10-7+. The molecule has 0 N–H and O–H groups in total.